The van der Waals surface area contributed by atoms with Crippen LogP contribution in [0.25, 0.3) is 0 Å². The van der Waals surface area contributed by atoms with E-state index in [0.717, 1.165) is 12.8 Å². The van der Waals surface area contributed by atoms with Crippen LogP contribution < -0.4 is 5.32 Å². The molecule has 5 heteroatoms. The van der Waals surface area contributed by atoms with Gasteiger partial charge in [0.1, 0.15) is 6.10 Å². The van der Waals surface area contributed by atoms with Gasteiger partial charge in [0, 0.05) is 20.3 Å². The lowest BCUT2D eigenvalue weighted by Crippen LogP contribution is -2.38. The van der Waals surface area contributed by atoms with Gasteiger partial charge in [-0.2, -0.15) is 0 Å². The molecule has 1 aliphatic heterocycles. The molecule has 4 nitrogen and oxygen atoms in total. The van der Waals surface area contributed by atoms with E-state index < -0.39 is 0 Å². The highest BCUT2D eigenvalue weighted by Crippen LogP contribution is 2.11. The molecule has 0 saturated carbocycles. The van der Waals surface area contributed by atoms with Crippen LogP contribution in [-0.2, 0) is 14.3 Å². The minimum Gasteiger partial charge on any atom is -0.383 e. The Labute approximate surface area is 92.5 Å². The lowest BCUT2D eigenvalue weighted by molar-refractivity contribution is -0.130. The van der Waals surface area contributed by atoms with Crippen molar-refractivity contribution in [3.63, 3.8) is 0 Å². The molecule has 1 fully saturated rings. The number of hydrogen-bond acceptors (Lipinski definition) is 3. The van der Waals surface area contributed by atoms with Crippen LogP contribution in [0.3, 0.4) is 0 Å². The van der Waals surface area contributed by atoms with Crippen molar-refractivity contribution < 1.29 is 14.3 Å². The zero-order valence-corrected chi connectivity index (χ0v) is 9.88. The second kappa shape index (κ2) is 6.37. The quantitative estimate of drug-likeness (QED) is 0.745. The zero-order valence-electron chi connectivity index (χ0n) is 8.29. The first-order valence-corrected chi connectivity index (χ1v) is 5.68. The third-order valence-electron chi connectivity index (χ3n) is 2.07. The van der Waals surface area contributed by atoms with E-state index in [1.54, 1.807) is 7.11 Å². The highest BCUT2D eigenvalue weighted by atomic mass is 79.9. The fourth-order valence-electron chi connectivity index (χ4n) is 1.35. The van der Waals surface area contributed by atoms with E-state index in [0.29, 0.717) is 19.8 Å². The summed E-state index contributed by atoms with van der Waals surface area (Å²) in [5.74, 6) is -0.0111. The van der Waals surface area contributed by atoms with Crippen LogP contribution in [0.5, 0.6) is 0 Å². The SMILES string of the molecule is COCC(Br)CNC(=O)C1CCCO1. The lowest BCUT2D eigenvalue weighted by atomic mass is 10.2. The van der Waals surface area contributed by atoms with E-state index in [1.165, 1.54) is 0 Å². The Morgan fingerprint density at radius 2 is 2.57 bits per heavy atom. The molecule has 0 aromatic heterocycles. The van der Waals surface area contributed by atoms with Gasteiger partial charge in [0.05, 0.1) is 11.4 Å². The van der Waals surface area contributed by atoms with Crippen LogP contribution in [0.15, 0.2) is 0 Å². The first-order valence-electron chi connectivity index (χ1n) is 4.76. The summed E-state index contributed by atoms with van der Waals surface area (Å²) in [7, 11) is 1.64. The number of carbonyl (C=O) groups excluding carboxylic acids is 1. The summed E-state index contributed by atoms with van der Waals surface area (Å²) in [6, 6.07) is 0. The Morgan fingerprint density at radius 1 is 1.79 bits per heavy atom. The molecule has 0 bridgehead atoms. The predicted octanol–water partition coefficient (Wildman–Crippen LogP) is 0.691. The summed E-state index contributed by atoms with van der Waals surface area (Å²) in [5, 5.41) is 2.82. The summed E-state index contributed by atoms with van der Waals surface area (Å²) in [6.07, 6.45) is 1.58. The molecule has 1 saturated heterocycles. The van der Waals surface area contributed by atoms with E-state index in [9.17, 15) is 4.79 Å². The van der Waals surface area contributed by atoms with E-state index >= 15 is 0 Å². The minimum absolute atomic E-state index is 0.0111. The average molecular weight is 266 g/mol. The van der Waals surface area contributed by atoms with Gasteiger partial charge in [-0.25, -0.2) is 0 Å². The van der Waals surface area contributed by atoms with Crippen LogP contribution in [0.4, 0.5) is 0 Å². The average Bonchev–Trinajstić information content (AvgIpc) is 2.67. The molecule has 1 amide bonds. The highest BCUT2D eigenvalue weighted by Gasteiger charge is 2.23. The summed E-state index contributed by atoms with van der Waals surface area (Å²) in [5.41, 5.74) is 0. The molecular weight excluding hydrogens is 250 g/mol. The number of carbonyl (C=O) groups is 1. The first kappa shape index (κ1) is 11.9. The van der Waals surface area contributed by atoms with Gasteiger partial charge in [-0.3, -0.25) is 4.79 Å². The van der Waals surface area contributed by atoms with Gasteiger partial charge < -0.3 is 14.8 Å². The number of methoxy groups -OCH3 is 1. The molecular formula is C9H16BrNO3. The molecule has 1 heterocycles. The number of hydrogen-bond donors (Lipinski definition) is 1. The molecule has 0 radical (unpaired) electrons. The molecule has 1 rings (SSSR count). The zero-order chi connectivity index (χ0) is 10.4. The molecule has 0 aliphatic carbocycles. The largest absolute Gasteiger partial charge is 0.383 e. The van der Waals surface area contributed by atoms with Crippen molar-refractivity contribution in [2.45, 2.75) is 23.8 Å². The van der Waals surface area contributed by atoms with Gasteiger partial charge in [0.25, 0.3) is 0 Å². The molecule has 14 heavy (non-hydrogen) atoms. The summed E-state index contributed by atoms with van der Waals surface area (Å²) < 4.78 is 10.2. The van der Waals surface area contributed by atoms with Crippen molar-refractivity contribution >= 4 is 21.8 Å². The third kappa shape index (κ3) is 3.94. The van der Waals surface area contributed by atoms with Gasteiger partial charge in [-0.15, -0.1) is 0 Å². The van der Waals surface area contributed by atoms with Crippen LogP contribution in [-0.4, -0.2) is 43.7 Å². The number of nitrogens with one attached hydrogen (secondary N) is 1. The molecule has 0 spiro atoms. The normalized spacial score (nSPS) is 23.4. The molecule has 1 N–H and O–H groups in total. The number of halogens is 1. The van der Waals surface area contributed by atoms with Crippen LogP contribution in [0.2, 0.25) is 0 Å². The molecule has 82 valence electrons. The standard InChI is InChI=1S/C9H16BrNO3/c1-13-6-7(10)5-11-9(12)8-3-2-4-14-8/h7-8H,2-6H2,1H3,(H,11,12). The fourth-order valence-corrected chi connectivity index (χ4v) is 1.78. The predicted molar refractivity (Wildman–Crippen MR) is 56.6 cm³/mol. The van der Waals surface area contributed by atoms with Crippen molar-refractivity contribution in [1.29, 1.82) is 0 Å². The van der Waals surface area contributed by atoms with Crippen molar-refractivity contribution in [1.82, 2.24) is 5.32 Å². The number of ether oxygens (including phenoxy) is 2. The first-order chi connectivity index (χ1) is 6.74. The van der Waals surface area contributed by atoms with E-state index in [2.05, 4.69) is 21.2 Å². The van der Waals surface area contributed by atoms with Crippen LogP contribution in [0.1, 0.15) is 12.8 Å². The second-order valence-electron chi connectivity index (χ2n) is 3.30. The van der Waals surface area contributed by atoms with Gasteiger partial charge in [0.15, 0.2) is 0 Å². The number of amides is 1. The number of rotatable bonds is 5. The van der Waals surface area contributed by atoms with Crippen molar-refractivity contribution in [3.05, 3.63) is 0 Å². The molecule has 2 atom stereocenters. The highest BCUT2D eigenvalue weighted by molar-refractivity contribution is 9.09. The van der Waals surface area contributed by atoms with E-state index in [4.69, 9.17) is 9.47 Å². The molecule has 0 aromatic rings. The minimum atomic E-state index is -0.239. The van der Waals surface area contributed by atoms with Gasteiger partial charge in [-0.1, -0.05) is 15.9 Å². The van der Waals surface area contributed by atoms with Crippen LogP contribution >= 0.6 is 15.9 Å². The molecule has 1 aliphatic rings. The smallest absolute Gasteiger partial charge is 0.249 e. The Hall–Kier alpha value is -0.130. The Kier molecular flexibility index (Phi) is 5.44. The Morgan fingerprint density at radius 3 is 3.14 bits per heavy atom. The Bertz CT molecular complexity index is 183. The van der Waals surface area contributed by atoms with Gasteiger partial charge in [-0.05, 0) is 12.8 Å². The fraction of sp³-hybridized carbons (Fsp3) is 0.889. The van der Waals surface area contributed by atoms with Gasteiger partial charge in [0.2, 0.25) is 5.91 Å². The summed E-state index contributed by atoms with van der Waals surface area (Å²) in [4.78, 5) is 11.6. The van der Waals surface area contributed by atoms with E-state index in [-0.39, 0.29) is 16.8 Å². The summed E-state index contributed by atoms with van der Waals surface area (Å²) in [6.45, 7) is 1.87. The monoisotopic (exact) mass is 265 g/mol. The number of alkyl halides is 1. The second-order valence-corrected chi connectivity index (χ2v) is 4.59. The van der Waals surface area contributed by atoms with E-state index in [1.807, 2.05) is 0 Å². The van der Waals surface area contributed by atoms with Crippen LogP contribution in [0, 0.1) is 0 Å². The summed E-state index contributed by atoms with van der Waals surface area (Å²) >= 11 is 3.39. The third-order valence-corrected chi connectivity index (χ3v) is 2.66. The van der Waals surface area contributed by atoms with Gasteiger partial charge >= 0.3 is 0 Å². The van der Waals surface area contributed by atoms with Crippen molar-refractivity contribution in [2.24, 2.45) is 0 Å². The maximum atomic E-state index is 11.5. The molecule has 0 aromatic carbocycles. The maximum Gasteiger partial charge on any atom is 0.249 e. The maximum absolute atomic E-state index is 11.5. The Balaban J connectivity index is 2.13. The molecule has 2 unspecified atom stereocenters. The topological polar surface area (TPSA) is 47.6 Å². The lowest BCUT2D eigenvalue weighted by Gasteiger charge is -2.13. The van der Waals surface area contributed by atoms with Crippen molar-refractivity contribution in [3.8, 4) is 0 Å². The van der Waals surface area contributed by atoms with Crippen molar-refractivity contribution in [2.75, 3.05) is 26.9 Å².